The Morgan fingerprint density at radius 3 is 2.40 bits per heavy atom. The van der Waals surface area contributed by atoms with E-state index in [1.165, 1.54) is 0 Å². The average molecular weight is 207 g/mol. The van der Waals surface area contributed by atoms with E-state index in [0.717, 1.165) is 19.3 Å². The Bertz CT molecular complexity index is 135. The molecular formula is C6H14AsNO2. The van der Waals surface area contributed by atoms with Gasteiger partial charge in [0.25, 0.3) is 0 Å². The fraction of sp³-hybridized carbons (Fsp3) is 1.00. The van der Waals surface area contributed by atoms with Crippen LogP contribution in [0.4, 0.5) is 0 Å². The van der Waals surface area contributed by atoms with Gasteiger partial charge in [0.05, 0.1) is 0 Å². The van der Waals surface area contributed by atoms with Gasteiger partial charge in [0.1, 0.15) is 0 Å². The van der Waals surface area contributed by atoms with Gasteiger partial charge in [-0.1, -0.05) is 0 Å². The van der Waals surface area contributed by atoms with Crippen LogP contribution >= 0.6 is 0 Å². The van der Waals surface area contributed by atoms with Crippen molar-refractivity contribution in [1.82, 2.24) is 0 Å². The number of hydrogen-bond acceptors (Lipinski definition) is 3. The summed E-state index contributed by atoms with van der Waals surface area (Å²) < 4.78 is 20.3. The van der Waals surface area contributed by atoms with Gasteiger partial charge >= 0.3 is 65.2 Å². The maximum absolute atomic E-state index is 10.1. The summed E-state index contributed by atoms with van der Waals surface area (Å²) in [6.07, 6.45) is 2.66. The van der Waals surface area contributed by atoms with Crippen LogP contribution in [0.2, 0.25) is 5.21 Å². The molecule has 0 aromatic rings. The molecule has 10 heavy (non-hydrogen) atoms. The van der Waals surface area contributed by atoms with Gasteiger partial charge in [-0.25, -0.2) is 0 Å². The molecule has 60 valence electrons. The SMILES string of the molecule is CC(N)CCCC[As](=O)=O. The van der Waals surface area contributed by atoms with Crippen molar-refractivity contribution in [2.75, 3.05) is 0 Å². The van der Waals surface area contributed by atoms with Crippen molar-refractivity contribution in [3.05, 3.63) is 0 Å². The zero-order valence-electron chi connectivity index (χ0n) is 6.25. The van der Waals surface area contributed by atoms with Crippen molar-refractivity contribution in [2.45, 2.75) is 37.4 Å². The van der Waals surface area contributed by atoms with Crippen molar-refractivity contribution in [3.8, 4) is 0 Å². The van der Waals surface area contributed by atoms with Crippen molar-refractivity contribution in [2.24, 2.45) is 5.73 Å². The zero-order chi connectivity index (χ0) is 7.98. The van der Waals surface area contributed by atoms with Gasteiger partial charge in [-0.15, -0.1) is 0 Å². The Hall–Kier alpha value is 0.118. The van der Waals surface area contributed by atoms with Crippen LogP contribution < -0.4 is 5.73 Å². The summed E-state index contributed by atoms with van der Waals surface area (Å²) in [4.78, 5) is 0. The summed E-state index contributed by atoms with van der Waals surface area (Å²) >= 11 is -2.83. The second-order valence-electron chi connectivity index (χ2n) is 2.53. The van der Waals surface area contributed by atoms with Gasteiger partial charge in [0, 0.05) is 0 Å². The molecule has 0 aliphatic heterocycles. The van der Waals surface area contributed by atoms with Gasteiger partial charge in [0.2, 0.25) is 0 Å². The summed E-state index contributed by atoms with van der Waals surface area (Å²) in [6.45, 7) is 1.93. The van der Waals surface area contributed by atoms with E-state index in [0.29, 0.717) is 5.21 Å². The first kappa shape index (κ1) is 10.1. The third-order valence-corrected chi connectivity index (χ3v) is 2.68. The molecule has 0 aliphatic rings. The normalized spacial score (nSPS) is 13.0. The first-order chi connectivity index (χ1) is 4.63. The van der Waals surface area contributed by atoms with Gasteiger partial charge < -0.3 is 0 Å². The number of nitrogens with two attached hydrogens (primary N) is 1. The molecule has 0 rings (SSSR count). The summed E-state index contributed by atoms with van der Waals surface area (Å²) in [5.41, 5.74) is 5.46. The second kappa shape index (κ2) is 5.87. The predicted octanol–water partition coefficient (Wildman–Crippen LogP) is 0.853. The van der Waals surface area contributed by atoms with E-state index in [4.69, 9.17) is 5.73 Å². The summed E-state index contributed by atoms with van der Waals surface area (Å²) in [7, 11) is 0. The Morgan fingerprint density at radius 1 is 1.40 bits per heavy atom. The van der Waals surface area contributed by atoms with Gasteiger partial charge in [-0.2, -0.15) is 0 Å². The molecule has 1 unspecified atom stereocenters. The van der Waals surface area contributed by atoms with Crippen LogP contribution in [0.5, 0.6) is 0 Å². The number of hydrogen-bond donors (Lipinski definition) is 1. The van der Waals surface area contributed by atoms with Crippen LogP contribution in [0.1, 0.15) is 26.2 Å². The molecule has 1 atom stereocenters. The van der Waals surface area contributed by atoms with Crippen molar-refractivity contribution in [3.63, 3.8) is 0 Å². The Kier molecular flexibility index (Phi) is 5.94. The second-order valence-corrected chi connectivity index (χ2v) is 4.86. The fourth-order valence-electron chi connectivity index (χ4n) is 0.707. The third-order valence-electron chi connectivity index (χ3n) is 1.25. The van der Waals surface area contributed by atoms with E-state index in [9.17, 15) is 7.48 Å². The molecule has 0 heterocycles. The molecule has 0 amide bonds. The first-order valence-corrected chi connectivity index (χ1v) is 6.36. The van der Waals surface area contributed by atoms with Gasteiger partial charge in [0.15, 0.2) is 0 Å². The van der Waals surface area contributed by atoms with Crippen LogP contribution in [0.15, 0.2) is 0 Å². The van der Waals surface area contributed by atoms with E-state index >= 15 is 0 Å². The summed E-state index contributed by atoms with van der Waals surface area (Å²) in [6, 6.07) is 0.208. The summed E-state index contributed by atoms with van der Waals surface area (Å²) in [5.74, 6) is 0. The van der Waals surface area contributed by atoms with Gasteiger partial charge in [-0.3, -0.25) is 0 Å². The molecule has 0 saturated heterocycles. The number of rotatable bonds is 5. The molecule has 0 aromatic carbocycles. The predicted molar refractivity (Wildman–Crippen MR) is 39.4 cm³/mol. The number of unbranched alkanes of at least 4 members (excludes halogenated alkanes) is 1. The molecule has 0 spiro atoms. The molecule has 0 aliphatic carbocycles. The molecule has 3 nitrogen and oxygen atoms in total. The van der Waals surface area contributed by atoms with Crippen LogP contribution in [0.25, 0.3) is 0 Å². The molecule has 0 aromatic heterocycles. The van der Waals surface area contributed by atoms with E-state index in [2.05, 4.69) is 0 Å². The standard InChI is InChI=1S/C6H14AsNO2/c1-6(8)4-2-3-5-7(9)10/h6H,2-5,8H2,1H3. The van der Waals surface area contributed by atoms with E-state index in [1.54, 1.807) is 0 Å². The van der Waals surface area contributed by atoms with E-state index < -0.39 is 14.5 Å². The van der Waals surface area contributed by atoms with Crippen molar-refractivity contribution in [1.29, 1.82) is 0 Å². The van der Waals surface area contributed by atoms with Crippen LogP contribution in [-0.2, 0) is 7.48 Å². The first-order valence-electron chi connectivity index (χ1n) is 3.50. The van der Waals surface area contributed by atoms with Crippen LogP contribution in [0.3, 0.4) is 0 Å². The zero-order valence-corrected chi connectivity index (χ0v) is 8.12. The average Bonchev–Trinajstić information content (AvgIpc) is 1.79. The molecular weight excluding hydrogens is 193 g/mol. The van der Waals surface area contributed by atoms with Crippen LogP contribution in [-0.4, -0.2) is 20.6 Å². The Balaban J connectivity index is 3.06. The molecule has 0 bridgehead atoms. The third kappa shape index (κ3) is 8.12. The quantitative estimate of drug-likeness (QED) is 0.537. The minimum atomic E-state index is -2.83. The molecule has 2 N–H and O–H groups in total. The minimum absolute atomic E-state index is 0.208. The van der Waals surface area contributed by atoms with E-state index in [-0.39, 0.29) is 6.04 Å². The fourth-order valence-corrected chi connectivity index (χ4v) is 1.72. The Labute approximate surface area is 65.7 Å². The Morgan fingerprint density at radius 2 is 2.00 bits per heavy atom. The maximum atomic E-state index is 10.1. The topological polar surface area (TPSA) is 60.2 Å². The molecule has 0 saturated carbocycles. The van der Waals surface area contributed by atoms with Crippen LogP contribution in [0, 0.1) is 0 Å². The van der Waals surface area contributed by atoms with Crippen molar-refractivity contribution >= 4 is 14.5 Å². The monoisotopic (exact) mass is 207 g/mol. The van der Waals surface area contributed by atoms with E-state index in [1.807, 2.05) is 6.92 Å². The molecule has 4 heteroatoms. The van der Waals surface area contributed by atoms with Crippen molar-refractivity contribution < 1.29 is 7.48 Å². The molecule has 0 fully saturated rings. The summed E-state index contributed by atoms with van der Waals surface area (Å²) in [5, 5.41) is 0.389. The van der Waals surface area contributed by atoms with Gasteiger partial charge in [-0.05, 0) is 0 Å². The molecule has 0 radical (unpaired) electrons.